The Morgan fingerprint density at radius 1 is 0.784 bits per heavy atom. The molecule has 0 aliphatic heterocycles. The Bertz CT molecular complexity index is 2190. The predicted molar refractivity (Wildman–Crippen MR) is 209 cm³/mol. The molecule has 1 aromatic heterocycles. The van der Waals surface area contributed by atoms with Crippen molar-refractivity contribution in [1.29, 1.82) is 0 Å². The van der Waals surface area contributed by atoms with E-state index in [0.29, 0.717) is 27.0 Å². The van der Waals surface area contributed by atoms with Gasteiger partial charge in [-0.05, 0) is 73.5 Å². The Morgan fingerprint density at radius 2 is 1.47 bits per heavy atom. The number of nitrogens with zero attached hydrogens (tertiary/aromatic N) is 1. The summed E-state index contributed by atoms with van der Waals surface area (Å²) in [6, 6.07) is 40.5. The molecule has 1 heterocycles. The first kappa shape index (κ1) is 35.3. The summed E-state index contributed by atoms with van der Waals surface area (Å²) in [6.45, 7) is 4.03. The Labute approximate surface area is 309 Å². The third-order valence-corrected chi connectivity index (χ3v) is 10.1. The number of thioether (sulfide) groups is 1. The van der Waals surface area contributed by atoms with Crippen LogP contribution in [-0.2, 0) is 9.59 Å². The van der Waals surface area contributed by atoms with Gasteiger partial charge in [0.05, 0.1) is 5.69 Å². The molecule has 6 aromatic rings. The topological polar surface area (TPSA) is 100 Å². The van der Waals surface area contributed by atoms with Gasteiger partial charge in [-0.25, -0.2) is 4.98 Å². The van der Waals surface area contributed by atoms with Crippen molar-refractivity contribution in [2.24, 2.45) is 0 Å². The van der Waals surface area contributed by atoms with Crippen LogP contribution in [0.3, 0.4) is 0 Å². The van der Waals surface area contributed by atoms with Gasteiger partial charge in [-0.3, -0.25) is 14.4 Å². The highest BCUT2D eigenvalue weighted by Crippen LogP contribution is 2.38. The van der Waals surface area contributed by atoms with E-state index in [1.165, 1.54) is 23.1 Å². The lowest BCUT2D eigenvalue weighted by molar-refractivity contribution is -0.116. The predicted octanol–water partition coefficient (Wildman–Crippen LogP) is 9.96. The number of carbonyl (C=O) groups excluding carboxylic acids is 3. The minimum Gasteiger partial charge on any atom is -0.321 e. The normalized spacial score (nSPS) is 11.8. The fourth-order valence-electron chi connectivity index (χ4n) is 5.15. The van der Waals surface area contributed by atoms with Gasteiger partial charge < -0.3 is 16.0 Å². The molecule has 6 rings (SSSR count). The fraction of sp³-hybridized carbons (Fsp3) is 0.0732. The maximum Gasteiger partial charge on any atom is 0.272 e. The third kappa shape index (κ3) is 9.40. The van der Waals surface area contributed by atoms with Gasteiger partial charge in [0.15, 0.2) is 5.13 Å². The second-order valence-electron chi connectivity index (χ2n) is 11.6. The zero-order chi connectivity index (χ0) is 35.7. The molecule has 0 bridgehead atoms. The number of carbonyl (C=O) groups is 3. The van der Waals surface area contributed by atoms with Gasteiger partial charge in [0.2, 0.25) is 5.91 Å². The minimum absolute atomic E-state index is 0.0505. The Hall–Kier alpha value is -5.48. The van der Waals surface area contributed by atoms with Gasteiger partial charge in [0.25, 0.3) is 11.8 Å². The lowest BCUT2D eigenvalue weighted by Gasteiger charge is -2.17. The van der Waals surface area contributed by atoms with Gasteiger partial charge in [-0.1, -0.05) is 108 Å². The number of halogens is 1. The van der Waals surface area contributed by atoms with E-state index in [0.717, 1.165) is 32.2 Å². The summed E-state index contributed by atoms with van der Waals surface area (Å²) in [6.07, 6.45) is 1.59. The molecule has 10 heteroatoms. The molecule has 254 valence electrons. The highest BCUT2D eigenvalue weighted by molar-refractivity contribution is 8.00. The maximum absolute atomic E-state index is 13.9. The lowest BCUT2D eigenvalue weighted by Crippen LogP contribution is -2.30. The summed E-state index contributed by atoms with van der Waals surface area (Å²) < 4.78 is 0. The molecule has 7 nitrogen and oxygen atoms in total. The number of anilines is 2. The Morgan fingerprint density at radius 3 is 2.18 bits per heavy atom. The van der Waals surface area contributed by atoms with Crippen LogP contribution in [0.25, 0.3) is 17.3 Å². The molecular weight excluding hydrogens is 696 g/mol. The lowest BCUT2D eigenvalue weighted by atomic mass is 10.1. The maximum atomic E-state index is 13.9. The molecule has 0 spiro atoms. The summed E-state index contributed by atoms with van der Waals surface area (Å²) >= 11 is 8.86. The van der Waals surface area contributed by atoms with E-state index in [9.17, 15) is 14.4 Å². The molecule has 5 aromatic carbocycles. The first-order chi connectivity index (χ1) is 24.7. The first-order valence-corrected chi connectivity index (χ1v) is 18.1. The van der Waals surface area contributed by atoms with Crippen LogP contribution in [0.4, 0.5) is 10.8 Å². The van der Waals surface area contributed by atoms with E-state index >= 15 is 0 Å². The number of amides is 3. The van der Waals surface area contributed by atoms with Crippen molar-refractivity contribution in [3.63, 3.8) is 0 Å². The molecule has 3 amide bonds. The molecule has 0 aliphatic carbocycles. The third-order valence-electron chi connectivity index (χ3n) is 7.75. The standard InChI is InChI=1S/C41H33ClN4O3S2/c1-26-16-20-29(21-17-26)36-27(2)50-41(45-36)46-40(49)37(30-10-5-3-6-11-30)51-34-15-9-14-33(25-34)43-39(48)35(24-28-18-22-32(42)23-19-28)44-38(47)31-12-7-4-8-13-31/h3-25,37H,1-2H3,(H,43,48)(H,44,47)(H,45,46,49)/b35-24-. The average Bonchev–Trinajstić information content (AvgIpc) is 3.51. The molecule has 0 saturated carbocycles. The summed E-state index contributed by atoms with van der Waals surface area (Å²) in [5.41, 5.74) is 5.45. The summed E-state index contributed by atoms with van der Waals surface area (Å²) in [4.78, 5) is 47.1. The first-order valence-electron chi connectivity index (χ1n) is 16.0. The second kappa shape index (κ2) is 16.5. The smallest absolute Gasteiger partial charge is 0.272 e. The van der Waals surface area contributed by atoms with Crippen LogP contribution in [0.15, 0.2) is 144 Å². The van der Waals surface area contributed by atoms with Crippen LogP contribution in [0.1, 0.15) is 37.2 Å². The quantitative estimate of drug-likeness (QED) is 0.0911. The van der Waals surface area contributed by atoms with Crippen molar-refractivity contribution < 1.29 is 14.4 Å². The molecule has 1 unspecified atom stereocenters. The van der Waals surface area contributed by atoms with Crippen LogP contribution in [0.5, 0.6) is 0 Å². The Kier molecular flexibility index (Phi) is 11.4. The van der Waals surface area contributed by atoms with E-state index in [1.807, 2.05) is 80.6 Å². The number of hydrogen-bond donors (Lipinski definition) is 3. The number of hydrogen-bond acceptors (Lipinski definition) is 6. The van der Waals surface area contributed by atoms with E-state index in [1.54, 1.807) is 72.8 Å². The van der Waals surface area contributed by atoms with Crippen molar-refractivity contribution in [3.8, 4) is 11.3 Å². The summed E-state index contributed by atoms with van der Waals surface area (Å²) in [5, 5.41) is 9.17. The van der Waals surface area contributed by atoms with Gasteiger partial charge in [-0.15, -0.1) is 23.1 Å². The largest absolute Gasteiger partial charge is 0.321 e. The van der Waals surface area contributed by atoms with Crippen molar-refractivity contribution in [3.05, 3.63) is 171 Å². The van der Waals surface area contributed by atoms with Crippen LogP contribution >= 0.6 is 34.7 Å². The van der Waals surface area contributed by atoms with Crippen LogP contribution in [0.2, 0.25) is 5.02 Å². The van der Waals surface area contributed by atoms with Gasteiger partial charge in [0, 0.05) is 31.6 Å². The highest BCUT2D eigenvalue weighted by atomic mass is 35.5. The Balaban J connectivity index is 1.22. The monoisotopic (exact) mass is 728 g/mol. The summed E-state index contributed by atoms with van der Waals surface area (Å²) in [5.74, 6) is -1.16. The fourth-order valence-corrected chi connectivity index (χ4v) is 7.20. The number of benzene rings is 5. The van der Waals surface area contributed by atoms with E-state index < -0.39 is 17.1 Å². The molecular formula is C41H33ClN4O3S2. The van der Waals surface area contributed by atoms with E-state index in [4.69, 9.17) is 16.6 Å². The zero-order valence-corrected chi connectivity index (χ0v) is 30.1. The number of aryl methyl sites for hydroxylation is 2. The summed E-state index contributed by atoms with van der Waals surface area (Å²) in [7, 11) is 0. The molecule has 1 atom stereocenters. The van der Waals surface area contributed by atoms with Gasteiger partial charge in [0.1, 0.15) is 10.9 Å². The zero-order valence-electron chi connectivity index (χ0n) is 27.7. The van der Waals surface area contributed by atoms with Crippen molar-refractivity contribution >= 4 is 69.3 Å². The number of aromatic nitrogens is 1. The molecule has 3 N–H and O–H groups in total. The van der Waals surface area contributed by atoms with Crippen LogP contribution in [0, 0.1) is 13.8 Å². The van der Waals surface area contributed by atoms with E-state index in [2.05, 4.69) is 16.0 Å². The average molecular weight is 729 g/mol. The van der Waals surface area contributed by atoms with Crippen molar-refractivity contribution in [2.45, 2.75) is 24.0 Å². The molecule has 51 heavy (non-hydrogen) atoms. The van der Waals surface area contributed by atoms with Crippen LogP contribution < -0.4 is 16.0 Å². The molecule has 0 radical (unpaired) electrons. The minimum atomic E-state index is -0.616. The molecule has 0 fully saturated rings. The van der Waals surface area contributed by atoms with Gasteiger partial charge in [-0.2, -0.15) is 0 Å². The molecule has 0 saturated heterocycles. The van der Waals surface area contributed by atoms with Gasteiger partial charge >= 0.3 is 0 Å². The number of rotatable bonds is 11. The van der Waals surface area contributed by atoms with E-state index in [-0.39, 0.29) is 11.6 Å². The number of thiazole rings is 1. The van der Waals surface area contributed by atoms with Crippen molar-refractivity contribution in [1.82, 2.24) is 10.3 Å². The highest BCUT2D eigenvalue weighted by Gasteiger charge is 2.24. The molecule has 0 aliphatic rings. The second-order valence-corrected chi connectivity index (χ2v) is 14.4. The van der Waals surface area contributed by atoms with Crippen LogP contribution in [-0.4, -0.2) is 22.7 Å². The number of nitrogens with one attached hydrogen (secondary N) is 3. The van der Waals surface area contributed by atoms with Crippen molar-refractivity contribution in [2.75, 3.05) is 10.6 Å². The SMILES string of the molecule is Cc1ccc(-c2nc(NC(=O)C(Sc3cccc(NC(=O)/C(=C/c4ccc(Cl)cc4)NC(=O)c4ccccc4)c3)c3ccccc3)sc2C)cc1.